The Labute approximate surface area is 162 Å². The van der Waals surface area contributed by atoms with Crippen molar-refractivity contribution in [1.82, 2.24) is 24.3 Å². The number of hydrogen-bond donors (Lipinski definition) is 1. The summed E-state index contributed by atoms with van der Waals surface area (Å²) in [6.07, 6.45) is 8.35. The molecular weight excluding hydrogens is 356 g/mol. The SMILES string of the molecule is CC1CCCCc2ccnc(c2)-c2c(c(-n3cnccc3=O)nn2C)NC1=O. The van der Waals surface area contributed by atoms with E-state index in [0.717, 1.165) is 25.7 Å². The summed E-state index contributed by atoms with van der Waals surface area (Å²) in [5.41, 5.74) is 2.76. The molecule has 8 heteroatoms. The summed E-state index contributed by atoms with van der Waals surface area (Å²) in [6, 6.07) is 5.40. The van der Waals surface area contributed by atoms with Gasteiger partial charge in [-0.15, -0.1) is 0 Å². The number of aryl methyl sites for hydroxylation is 2. The van der Waals surface area contributed by atoms with Gasteiger partial charge in [0.1, 0.15) is 17.7 Å². The van der Waals surface area contributed by atoms with Crippen molar-refractivity contribution in [3.63, 3.8) is 0 Å². The zero-order valence-electron chi connectivity index (χ0n) is 15.9. The van der Waals surface area contributed by atoms with Gasteiger partial charge < -0.3 is 5.32 Å². The van der Waals surface area contributed by atoms with Gasteiger partial charge >= 0.3 is 0 Å². The van der Waals surface area contributed by atoms with E-state index in [2.05, 4.69) is 20.4 Å². The molecule has 0 saturated heterocycles. The van der Waals surface area contributed by atoms with Gasteiger partial charge in [0.15, 0.2) is 5.82 Å². The van der Waals surface area contributed by atoms with E-state index in [0.29, 0.717) is 22.9 Å². The first-order chi connectivity index (χ1) is 13.5. The van der Waals surface area contributed by atoms with Crippen molar-refractivity contribution in [2.75, 3.05) is 5.32 Å². The van der Waals surface area contributed by atoms with Gasteiger partial charge in [-0.3, -0.25) is 19.3 Å². The molecule has 8 nitrogen and oxygen atoms in total. The second-order valence-corrected chi connectivity index (χ2v) is 7.14. The van der Waals surface area contributed by atoms with Crippen LogP contribution in [0.4, 0.5) is 5.69 Å². The van der Waals surface area contributed by atoms with Crippen LogP contribution in [0.2, 0.25) is 0 Å². The lowest BCUT2D eigenvalue weighted by atomic mass is 9.99. The summed E-state index contributed by atoms with van der Waals surface area (Å²) < 4.78 is 2.98. The number of carbonyl (C=O) groups excluding carboxylic acids is 1. The van der Waals surface area contributed by atoms with E-state index in [1.54, 1.807) is 17.9 Å². The lowest BCUT2D eigenvalue weighted by Crippen LogP contribution is -2.23. The van der Waals surface area contributed by atoms with Crippen LogP contribution in [0.3, 0.4) is 0 Å². The molecule has 2 bridgehead atoms. The number of aromatic nitrogens is 5. The Bertz CT molecular complexity index is 1080. The molecule has 144 valence electrons. The van der Waals surface area contributed by atoms with Gasteiger partial charge in [0.2, 0.25) is 5.91 Å². The first kappa shape index (κ1) is 18.1. The monoisotopic (exact) mass is 378 g/mol. The van der Waals surface area contributed by atoms with Gasteiger partial charge in [-0.2, -0.15) is 5.10 Å². The Kier molecular flexibility index (Phi) is 4.77. The number of pyridine rings is 1. The molecule has 0 radical (unpaired) electrons. The lowest BCUT2D eigenvalue weighted by Gasteiger charge is -2.15. The van der Waals surface area contributed by atoms with Crippen molar-refractivity contribution in [3.8, 4) is 17.2 Å². The smallest absolute Gasteiger partial charge is 0.259 e. The summed E-state index contributed by atoms with van der Waals surface area (Å²) in [7, 11) is 1.78. The van der Waals surface area contributed by atoms with Crippen LogP contribution in [0, 0.1) is 5.92 Å². The summed E-state index contributed by atoms with van der Waals surface area (Å²) in [4.78, 5) is 33.7. The van der Waals surface area contributed by atoms with E-state index >= 15 is 0 Å². The fourth-order valence-electron chi connectivity index (χ4n) is 3.51. The van der Waals surface area contributed by atoms with Crippen LogP contribution in [0.5, 0.6) is 0 Å². The quantitative estimate of drug-likeness (QED) is 0.701. The fourth-order valence-corrected chi connectivity index (χ4v) is 3.51. The number of carbonyl (C=O) groups is 1. The second-order valence-electron chi connectivity index (χ2n) is 7.14. The molecule has 1 amide bonds. The molecular formula is C20H22N6O2. The third kappa shape index (κ3) is 3.33. The largest absolute Gasteiger partial charge is 0.321 e. The molecule has 1 N–H and O–H groups in total. The van der Waals surface area contributed by atoms with Crippen LogP contribution in [-0.4, -0.2) is 30.2 Å². The first-order valence-electron chi connectivity index (χ1n) is 9.41. The van der Waals surface area contributed by atoms with Crippen molar-refractivity contribution in [2.24, 2.45) is 13.0 Å². The Morgan fingerprint density at radius 1 is 1.18 bits per heavy atom. The van der Waals surface area contributed by atoms with Crippen LogP contribution < -0.4 is 10.9 Å². The van der Waals surface area contributed by atoms with Crippen molar-refractivity contribution in [2.45, 2.75) is 32.6 Å². The molecule has 1 aliphatic heterocycles. The zero-order chi connectivity index (χ0) is 19.7. The van der Waals surface area contributed by atoms with E-state index in [-0.39, 0.29) is 17.4 Å². The number of hydrogen-bond acceptors (Lipinski definition) is 5. The van der Waals surface area contributed by atoms with Crippen molar-refractivity contribution >= 4 is 11.6 Å². The highest BCUT2D eigenvalue weighted by Crippen LogP contribution is 2.33. The topological polar surface area (TPSA) is 94.7 Å². The highest BCUT2D eigenvalue weighted by molar-refractivity contribution is 5.98. The molecule has 0 spiro atoms. The minimum atomic E-state index is -0.272. The Balaban J connectivity index is 1.95. The molecule has 0 aliphatic carbocycles. The summed E-state index contributed by atoms with van der Waals surface area (Å²) >= 11 is 0. The number of nitrogens with zero attached hydrogens (tertiary/aromatic N) is 5. The van der Waals surface area contributed by atoms with Gasteiger partial charge in [-0.1, -0.05) is 13.3 Å². The lowest BCUT2D eigenvalue weighted by molar-refractivity contribution is -0.119. The second kappa shape index (κ2) is 7.38. The molecule has 3 aromatic heterocycles. The maximum atomic E-state index is 12.8. The number of nitrogens with one attached hydrogen (secondary N) is 1. The summed E-state index contributed by atoms with van der Waals surface area (Å²) in [5, 5.41) is 7.51. The van der Waals surface area contributed by atoms with Crippen LogP contribution >= 0.6 is 0 Å². The molecule has 0 aromatic carbocycles. The first-order valence-corrected chi connectivity index (χ1v) is 9.41. The number of amides is 1. The zero-order valence-corrected chi connectivity index (χ0v) is 15.9. The highest BCUT2D eigenvalue weighted by atomic mass is 16.2. The van der Waals surface area contributed by atoms with E-state index in [1.165, 1.54) is 28.7 Å². The highest BCUT2D eigenvalue weighted by Gasteiger charge is 2.25. The molecule has 1 unspecified atom stereocenters. The fraction of sp³-hybridized carbons (Fsp3) is 0.350. The molecule has 1 atom stereocenters. The van der Waals surface area contributed by atoms with E-state index in [4.69, 9.17) is 0 Å². The standard InChI is InChI=1S/C20H22N6O2/c1-13-5-3-4-6-14-7-10-22-15(11-14)18-17(23-20(13)28)19(24-25(18)2)26-12-21-9-8-16(26)27/h7-13H,3-6H2,1-2H3,(H,23,28). The molecule has 0 fully saturated rings. The summed E-state index contributed by atoms with van der Waals surface area (Å²) in [6.45, 7) is 1.92. The van der Waals surface area contributed by atoms with E-state index in [9.17, 15) is 9.59 Å². The van der Waals surface area contributed by atoms with Gasteiger partial charge in [0, 0.05) is 31.4 Å². The molecule has 1 aliphatic rings. The number of rotatable bonds is 1. The molecule has 0 saturated carbocycles. The summed E-state index contributed by atoms with van der Waals surface area (Å²) in [5.74, 6) is 0.0989. The minimum absolute atomic E-state index is 0.0934. The van der Waals surface area contributed by atoms with Crippen molar-refractivity contribution in [3.05, 3.63) is 52.8 Å². The predicted molar refractivity (Wildman–Crippen MR) is 105 cm³/mol. The van der Waals surface area contributed by atoms with Crippen LogP contribution in [0.1, 0.15) is 31.7 Å². The molecule has 4 heterocycles. The van der Waals surface area contributed by atoms with Crippen LogP contribution in [-0.2, 0) is 18.3 Å². The third-order valence-corrected chi connectivity index (χ3v) is 5.10. The van der Waals surface area contributed by atoms with Crippen LogP contribution in [0.25, 0.3) is 17.2 Å². The Hall–Kier alpha value is -3.29. The van der Waals surface area contributed by atoms with Gasteiger partial charge in [-0.25, -0.2) is 9.55 Å². The third-order valence-electron chi connectivity index (χ3n) is 5.10. The van der Waals surface area contributed by atoms with Gasteiger partial charge in [0.25, 0.3) is 5.56 Å². The average Bonchev–Trinajstić information content (AvgIpc) is 3.00. The van der Waals surface area contributed by atoms with E-state index < -0.39 is 0 Å². The van der Waals surface area contributed by atoms with Crippen LogP contribution in [0.15, 0.2) is 41.7 Å². The molecule has 4 rings (SSSR count). The maximum absolute atomic E-state index is 12.8. The minimum Gasteiger partial charge on any atom is -0.321 e. The normalized spacial score (nSPS) is 17.2. The Morgan fingerprint density at radius 2 is 2.04 bits per heavy atom. The maximum Gasteiger partial charge on any atom is 0.259 e. The van der Waals surface area contributed by atoms with E-state index in [1.807, 2.05) is 19.1 Å². The average molecular weight is 378 g/mol. The van der Waals surface area contributed by atoms with Gasteiger partial charge in [0.05, 0.1) is 5.69 Å². The van der Waals surface area contributed by atoms with Gasteiger partial charge in [-0.05, 0) is 37.0 Å². The van der Waals surface area contributed by atoms with Crippen molar-refractivity contribution in [1.29, 1.82) is 0 Å². The predicted octanol–water partition coefficient (Wildman–Crippen LogP) is 2.33. The Morgan fingerprint density at radius 3 is 2.86 bits per heavy atom. The molecule has 3 aromatic rings. The molecule has 28 heavy (non-hydrogen) atoms. The van der Waals surface area contributed by atoms with Crippen molar-refractivity contribution < 1.29 is 4.79 Å². The number of fused-ring (bicyclic) bond motifs is 4. The number of anilines is 1.